The van der Waals surface area contributed by atoms with Gasteiger partial charge in [-0.25, -0.2) is 4.79 Å². The number of hydrogen-bond donors (Lipinski definition) is 0. The summed E-state index contributed by atoms with van der Waals surface area (Å²) in [6.45, 7) is 0. The quantitative estimate of drug-likeness (QED) is 0.723. The van der Waals surface area contributed by atoms with Gasteiger partial charge in [0, 0.05) is 5.39 Å². The van der Waals surface area contributed by atoms with Gasteiger partial charge in [-0.2, -0.15) is 13.2 Å². The molecule has 1 aromatic carbocycles. The smallest absolute Gasteiger partial charge is 0.416 e. The third kappa shape index (κ3) is 2.11. The van der Waals surface area contributed by atoms with Crippen LogP contribution in [0.3, 0.4) is 0 Å². The molecule has 0 amide bonds. The average Bonchev–Trinajstić information content (AvgIpc) is 2.69. The summed E-state index contributed by atoms with van der Waals surface area (Å²) < 4.78 is 46.6. The number of carbonyl (C=O) groups excluding carboxylic acids is 1. The van der Waals surface area contributed by atoms with E-state index >= 15 is 0 Å². The maximum Gasteiger partial charge on any atom is 0.416 e. The molecular weight excluding hydrogens is 237 g/mol. The second-order valence-corrected chi connectivity index (χ2v) is 3.35. The van der Waals surface area contributed by atoms with E-state index in [1.165, 1.54) is 12.1 Å². The summed E-state index contributed by atoms with van der Waals surface area (Å²) in [5.41, 5.74) is -0.823. The number of halogens is 3. The standard InChI is InChI=1S/C11H7F3O3/c1-16-10(15)9-4-6-2-3-7(11(12,13)14)5-8(6)17-9/h2-5H,1H3. The van der Waals surface area contributed by atoms with Crippen molar-refractivity contribution in [2.45, 2.75) is 6.18 Å². The topological polar surface area (TPSA) is 39.4 Å². The predicted molar refractivity (Wildman–Crippen MR) is 52.6 cm³/mol. The van der Waals surface area contributed by atoms with Crippen molar-refractivity contribution in [1.29, 1.82) is 0 Å². The van der Waals surface area contributed by atoms with Gasteiger partial charge in [0.05, 0.1) is 12.7 Å². The van der Waals surface area contributed by atoms with Crippen LogP contribution < -0.4 is 0 Å². The van der Waals surface area contributed by atoms with Crippen molar-refractivity contribution in [2.24, 2.45) is 0 Å². The Morgan fingerprint density at radius 3 is 2.59 bits per heavy atom. The first-order valence-electron chi connectivity index (χ1n) is 4.61. The molecule has 0 bridgehead atoms. The van der Waals surface area contributed by atoms with Gasteiger partial charge in [0.2, 0.25) is 5.76 Å². The highest BCUT2D eigenvalue weighted by molar-refractivity contribution is 5.92. The molecule has 0 saturated carbocycles. The molecule has 1 heterocycles. The first-order chi connectivity index (χ1) is 7.91. The summed E-state index contributed by atoms with van der Waals surface area (Å²) in [6.07, 6.45) is -4.44. The number of alkyl halides is 3. The van der Waals surface area contributed by atoms with Crippen LogP contribution in [0.5, 0.6) is 0 Å². The van der Waals surface area contributed by atoms with Gasteiger partial charge in [0.15, 0.2) is 0 Å². The van der Waals surface area contributed by atoms with Crippen LogP contribution in [-0.4, -0.2) is 13.1 Å². The highest BCUT2D eigenvalue weighted by Crippen LogP contribution is 2.32. The van der Waals surface area contributed by atoms with E-state index in [2.05, 4.69) is 4.74 Å². The van der Waals surface area contributed by atoms with E-state index in [1.807, 2.05) is 0 Å². The van der Waals surface area contributed by atoms with Crippen LogP contribution >= 0.6 is 0 Å². The molecule has 0 spiro atoms. The van der Waals surface area contributed by atoms with Gasteiger partial charge >= 0.3 is 12.1 Å². The predicted octanol–water partition coefficient (Wildman–Crippen LogP) is 3.24. The minimum absolute atomic E-state index is 0.000208. The van der Waals surface area contributed by atoms with Gasteiger partial charge in [-0.3, -0.25) is 0 Å². The molecule has 6 heteroatoms. The number of fused-ring (bicyclic) bond motifs is 1. The van der Waals surface area contributed by atoms with Crippen molar-refractivity contribution in [3.8, 4) is 0 Å². The summed E-state index contributed by atoms with van der Waals surface area (Å²) in [6, 6.07) is 4.36. The lowest BCUT2D eigenvalue weighted by atomic mass is 10.1. The lowest BCUT2D eigenvalue weighted by Gasteiger charge is -2.04. The van der Waals surface area contributed by atoms with E-state index in [-0.39, 0.29) is 11.3 Å². The molecule has 2 aromatic rings. The van der Waals surface area contributed by atoms with Crippen molar-refractivity contribution < 1.29 is 27.1 Å². The molecule has 0 unspecified atom stereocenters. The Bertz CT molecular complexity index is 569. The van der Waals surface area contributed by atoms with Crippen molar-refractivity contribution in [3.63, 3.8) is 0 Å². The average molecular weight is 244 g/mol. The molecule has 0 aliphatic heterocycles. The largest absolute Gasteiger partial charge is 0.463 e. The van der Waals surface area contributed by atoms with E-state index in [4.69, 9.17) is 4.42 Å². The van der Waals surface area contributed by atoms with Gasteiger partial charge in [-0.05, 0) is 18.2 Å². The number of hydrogen-bond acceptors (Lipinski definition) is 3. The van der Waals surface area contributed by atoms with Crippen LogP contribution in [0, 0.1) is 0 Å². The highest BCUT2D eigenvalue weighted by Gasteiger charge is 2.31. The SMILES string of the molecule is COC(=O)c1cc2ccc(C(F)(F)F)cc2o1. The van der Waals surface area contributed by atoms with Crippen molar-refractivity contribution >= 4 is 16.9 Å². The Morgan fingerprint density at radius 2 is 2.00 bits per heavy atom. The molecular formula is C11H7F3O3. The highest BCUT2D eigenvalue weighted by atomic mass is 19.4. The summed E-state index contributed by atoms with van der Waals surface area (Å²) >= 11 is 0. The zero-order valence-corrected chi connectivity index (χ0v) is 8.67. The van der Waals surface area contributed by atoms with Gasteiger partial charge in [0.1, 0.15) is 5.58 Å². The van der Waals surface area contributed by atoms with Crippen LogP contribution in [0.2, 0.25) is 0 Å². The molecule has 0 atom stereocenters. The lowest BCUT2D eigenvalue weighted by Crippen LogP contribution is -2.03. The Kier molecular flexibility index (Phi) is 2.57. The molecule has 0 aliphatic carbocycles. The Balaban J connectivity index is 2.52. The number of ether oxygens (including phenoxy) is 1. The summed E-state index contributed by atoms with van der Waals surface area (Å²) in [5.74, 6) is -0.850. The third-order valence-corrected chi connectivity index (χ3v) is 2.23. The molecule has 90 valence electrons. The summed E-state index contributed by atoms with van der Waals surface area (Å²) in [7, 11) is 1.16. The van der Waals surface area contributed by atoms with E-state index in [9.17, 15) is 18.0 Å². The first kappa shape index (κ1) is 11.5. The fourth-order valence-electron chi connectivity index (χ4n) is 1.41. The van der Waals surface area contributed by atoms with Crippen LogP contribution in [0.1, 0.15) is 16.1 Å². The van der Waals surface area contributed by atoms with E-state index in [1.54, 1.807) is 0 Å². The molecule has 0 radical (unpaired) electrons. The Labute approximate surface area is 93.8 Å². The minimum Gasteiger partial charge on any atom is -0.463 e. The second-order valence-electron chi connectivity index (χ2n) is 3.35. The fraction of sp³-hybridized carbons (Fsp3) is 0.182. The number of rotatable bonds is 1. The normalized spacial score (nSPS) is 11.8. The van der Waals surface area contributed by atoms with Crippen molar-refractivity contribution in [2.75, 3.05) is 7.11 Å². The number of benzene rings is 1. The van der Waals surface area contributed by atoms with Gasteiger partial charge in [-0.15, -0.1) is 0 Å². The van der Waals surface area contributed by atoms with Crippen molar-refractivity contribution in [1.82, 2.24) is 0 Å². The van der Waals surface area contributed by atoms with E-state index < -0.39 is 17.7 Å². The zero-order valence-electron chi connectivity index (χ0n) is 8.67. The zero-order chi connectivity index (χ0) is 12.6. The van der Waals surface area contributed by atoms with E-state index in [0.717, 1.165) is 19.2 Å². The molecule has 1 aromatic heterocycles. The molecule has 2 rings (SSSR count). The summed E-state index contributed by atoms with van der Waals surface area (Å²) in [5, 5.41) is 0.415. The van der Waals surface area contributed by atoms with Crippen molar-refractivity contribution in [3.05, 3.63) is 35.6 Å². The number of carbonyl (C=O) groups is 1. The Hall–Kier alpha value is -1.98. The monoisotopic (exact) mass is 244 g/mol. The molecule has 3 nitrogen and oxygen atoms in total. The minimum atomic E-state index is -4.44. The van der Waals surface area contributed by atoms with Gasteiger partial charge < -0.3 is 9.15 Å². The molecule has 0 saturated heterocycles. The molecule has 0 aliphatic rings. The third-order valence-electron chi connectivity index (χ3n) is 2.23. The molecule has 17 heavy (non-hydrogen) atoms. The van der Waals surface area contributed by atoms with Crippen LogP contribution in [-0.2, 0) is 10.9 Å². The van der Waals surface area contributed by atoms with Gasteiger partial charge in [-0.1, -0.05) is 6.07 Å². The molecule has 0 N–H and O–H groups in total. The maximum atomic E-state index is 12.4. The number of furan rings is 1. The Morgan fingerprint density at radius 1 is 1.29 bits per heavy atom. The van der Waals surface area contributed by atoms with Crippen LogP contribution in [0.15, 0.2) is 28.7 Å². The number of esters is 1. The van der Waals surface area contributed by atoms with Gasteiger partial charge in [0.25, 0.3) is 0 Å². The van der Waals surface area contributed by atoms with Crippen LogP contribution in [0.4, 0.5) is 13.2 Å². The summed E-state index contributed by atoms with van der Waals surface area (Å²) in [4.78, 5) is 11.1. The maximum absolute atomic E-state index is 12.4. The van der Waals surface area contributed by atoms with E-state index in [0.29, 0.717) is 5.39 Å². The van der Waals surface area contributed by atoms with Crippen LogP contribution in [0.25, 0.3) is 11.0 Å². The molecule has 0 fully saturated rings. The first-order valence-corrected chi connectivity index (χ1v) is 4.61. The lowest BCUT2D eigenvalue weighted by molar-refractivity contribution is -0.137. The second kappa shape index (κ2) is 3.80. The fourth-order valence-corrected chi connectivity index (χ4v) is 1.41. The number of methoxy groups -OCH3 is 1.